The van der Waals surface area contributed by atoms with Crippen LogP contribution < -0.4 is 0 Å². The monoisotopic (exact) mass is 656 g/mol. The molecule has 2 fully saturated rings. The fourth-order valence-corrected chi connectivity index (χ4v) is 10.2. The van der Waals surface area contributed by atoms with Crippen LogP contribution in [0, 0.1) is 0 Å². The van der Waals surface area contributed by atoms with Gasteiger partial charge in [0.1, 0.15) is 4.75 Å². The zero-order valence-corrected chi connectivity index (χ0v) is 24.1. The highest BCUT2D eigenvalue weighted by atomic mass is 32.2. The molecule has 1 aliphatic carbocycles. The van der Waals surface area contributed by atoms with Crippen LogP contribution in [0.5, 0.6) is 0 Å². The molecule has 2 aromatic rings. The Bertz CT molecular complexity index is 1600. The number of carbonyl (C=O) groups is 1. The summed E-state index contributed by atoms with van der Waals surface area (Å²) >= 11 is 0. The van der Waals surface area contributed by atoms with E-state index in [1.54, 1.807) is 11.0 Å². The van der Waals surface area contributed by atoms with Gasteiger partial charge in [-0.3, -0.25) is 9.69 Å². The summed E-state index contributed by atoms with van der Waals surface area (Å²) in [5.41, 5.74) is -7.65. The zero-order chi connectivity index (χ0) is 31.6. The maximum atomic E-state index is 14.9. The highest BCUT2D eigenvalue weighted by Gasteiger charge is 2.73. The predicted molar refractivity (Wildman–Crippen MR) is 140 cm³/mol. The summed E-state index contributed by atoms with van der Waals surface area (Å²) in [6, 6.07) is 7.63. The van der Waals surface area contributed by atoms with Gasteiger partial charge in [0.2, 0.25) is 5.91 Å². The number of hydrogen-bond donors (Lipinski definition) is 0. The Morgan fingerprint density at radius 3 is 2.09 bits per heavy atom. The molecule has 2 atom stereocenters. The Morgan fingerprint density at radius 2 is 1.51 bits per heavy atom. The highest BCUT2D eigenvalue weighted by molar-refractivity contribution is 7.92. The van der Waals surface area contributed by atoms with Gasteiger partial charge < -0.3 is 4.90 Å². The summed E-state index contributed by atoms with van der Waals surface area (Å²) in [7, 11) is -7.65. The Morgan fingerprint density at radius 1 is 0.907 bits per heavy atom. The van der Waals surface area contributed by atoms with E-state index in [1.807, 2.05) is 0 Å². The molecule has 0 spiro atoms. The first-order chi connectivity index (χ1) is 19.8. The fourth-order valence-electron chi connectivity index (χ4n) is 6.53. The maximum Gasteiger partial charge on any atom is 0.435 e. The lowest BCUT2D eigenvalue weighted by molar-refractivity contribution is -0.348. The number of amides is 1. The first-order valence-corrected chi connectivity index (χ1v) is 16.6. The van der Waals surface area contributed by atoms with Gasteiger partial charge in [0.05, 0.1) is 29.0 Å². The van der Waals surface area contributed by atoms with Gasteiger partial charge in [0, 0.05) is 25.2 Å². The van der Waals surface area contributed by atoms with E-state index in [9.17, 15) is 52.4 Å². The molecule has 0 aromatic heterocycles. The minimum Gasteiger partial charge on any atom is -0.337 e. The van der Waals surface area contributed by atoms with E-state index in [1.165, 1.54) is 29.2 Å². The molecule has 2 heterocycles. The van der Waals surface area contributed by atoms with Crippen LogP contribution in [-0.2, 0) is 41.3 Å². The molecule has 0 saturated carbocycles. The number of halogens is 7. The highest BCUT2D eigenvalue weighted by Crippen LogP contribution is 2.56. The van der Waals surface area contributed by atoms with Crippen molar-refractivity contribution < 1.29 is 52.4 Å². The third-order valence-electron chi connectivity index (χ3n) is 8.72. The lowest BCUT2D eigenvalue weighted by Gasteiger charge is -2.43. The van der Waals surface area contributed by atoms with Gasteiger partial charge in [-0.15, -0.1) is 0 Å². The summed E-state index contributed by atoms with van der Waals surface area (Å²) < 4.78 is 146. The second-order valence-corrected chi connectivity index (χ2v) is 15.6. The number of benzene rings is 2. The molecule has 2 saturated heterocycles. The van der Waals surface area contributed by atoms with Gasteiger partial charge in [0.25, 0.3) is 0 Å². The zero-order valence-electron chi connectivity index (χ0n) is 22.5. The van der Waals surface area contributed by atoms with Crippen molar-refractivity contribution in [1.29, 1.82) is 0 Å². The quantitative estimate of drug-likeness (QED) is 0.454. The average molecular weight is 657 g/mol. The normalized spacial score (nSPS) is 24.8. The van der Waals surface area contributed by atoms with Crippen LogP contribution in [0.25, 0.3) is 0 Å². The summed E-state index contributed by atoms with van der Waals surface area (Å²) in [6.07, 6.45) is -13.2. The molecule has 0 unspecified atom stereocenters. The van der Waals surface area contributed by atoms with E-state index in [4.69, 9.17) is 0 Å². The second kappa shape index (κ2) is 10.4. The Labute approximate surface area is 243 Å². The number of nitrogens with zero attached hydrogens (tertiary/aromatic N) is 2. The summed E-state index contributed by atoms with van der Waals surface area (Å²) in [4.78, 5) is 16.3. The predicted octanol–water partition coefficient (Wildman–Crippen LogP) is 3.92. The number of alkyl halides is 7. The van der Waals surface area contributed by atoms with Gasteiger partial charge in [-0.25, -0.2) is 21.2 Å². The molecule has 7 nitrogen and oxygen atoms in total. The largest absolute Gasteiger partial charge is 0.435 e. The first kappa shape index (κ1) is 31.7. The van der Waals surface area contributed by atoms with Gasteiger partial charge >= 0.3 is 18.0 Å². The van der Waals surface area contributed by atoms with Crippen LogP contribution in [-0.4, -0.2) is 88.6 Å². The van der Waals surface area contributed by atoms with Crippen molar-refractivity contribution in [3.05, 3.63) is 65.2 Å². The SMILES string of the molecule is O=C(CN1CCS(=O)(=O)CC1)N1CC[C@]2(S(=O)(=O)c3ccccc3)c3ccc(C(F)(C(F)(F)F)C(F)(F)F)cc3CC[C@H]12. The van der Waals surface area contributed by atoms with E-state index in [-0.39, 0.29) is 73.0 Å². The lowest BCUT2D eigenvalue weighted by atomic mass is 9.76. The van der Waals surface area contributed by atoms with Gasteiger partial charge in [-0.05, 0) is 42.5 Å². The lowest BCUT2D eigenvalue weighted by Crippen LogP contribution is -2.54. The number of rotatable bonds is 5. The van der Waals surface area contributed by atoms with Gasteiger partial charge in [-0.1, -0.05) is 36.4 Å². The second-order valence-electron chi connectivity index (χ2n) is 11.1. The molecule has 43 heavy (non-hydrogen) atoms. The minimum absolute atomic E-state index is 0.0811. The third-order valence-corrected chi connectivity index (χ3v) is 12.9. The minimum atomic E-state index is -6.34. The summed E-state index contributed by atoms with van der Waals surface area (Å²) in [6.45, 7) is -0.0636. The molecular weight excluding hydrogens is 629 g/mol. The first-order valence-electron chi connectivity index (χ1n) is 13.3. The standard InChI is InChI=1S/C27H27F7N2O5S2/c28-25(26(29,30)31,27(32,33)34)19-7-8-21-18(16-19)6-9-22-24(21,43(40,41)20-4-2-1-3-5-20)10-11-36(22)23(37)17-35-12-14-42(38,39)15-13-35/h1-5,7-8,16,22H,6,9-15,17H2/t22-,24-/m0/s1. The molecule has 5 rings (SSSR count). The van der Waals surface area contributed by atoms with Crippen LogP contribution in [0.4, 0.5) is 30.7 Å². The molecule has 16 heteroatoms. The van der Waals surface area contributed by atoms with Crippen molar-refractivity contribution in [3.8, 4) is 0 Å². The molecule has 2 aromatic carbocycles. The molecule has 0 radical (unpaired) electrons. The smallest absolute Gasteiger partial charge is 0.337 e. The van der Waals surface area contributed by atoms with Crippen LogP contribution in [0.3, 0.4) is 0 Å². The Balaban J connectivity index is 1.59. The third kappa shape index (κ3) is 5.02. The van der Waals surface area contributed by atoms with Crippen molar-refractivity contribution in [2.75, 3.05) is 37.7 Å². The van der Waals surface area contributed by atoms with Crippen molar-refractivity contribution in [2.24, 2.45) is 0 Å². The van der Waals surface area contributed by atoms with Crippen molar-refractivity contribution in [3.63, 3.8) is 0 Å². The summed E-state index contributed by atoms with van der Waals surface area (Å²) in [5.74, 6) is -0.763. The number of likely N-dealkylation sites (tertiary alicyclic amines) is 1. The molecular formula is C27H27F7N2O5S2. The van der Waals surface area contributed by atoms with E-state index in [0.717, 1.165) is 6.07 Å². The summed E-state index contributed by atoms with van der Waals surface area (Å²) in [5, 5.41) is 0. The maximum absolute atomic E-state index is 14.9. The molecule has 0 bridgehead atoms. The van der Waals surface area contributed by atoms with Crippen LogP contribution in [0.15, 0.2) is 53.4 Å². The number of aryl methyl sites for hydroxylation is 1. The van der Waals surface area contributed by atoms with E-state index >= 15 is 0 Å². The van der Waals surface area contributed by atoms with Crippen LogP contribution >= 0.6 is 0 Å². The number of sulfone groups is 2. The Kier molecular flexibility index (Phi) is 7.69. The fraction of sp³-hybridized carbons (Fsp3) is 0.519. The van der Waals surface area contributed by atoms with Crippen LogP contribution in [0.2, 0.25) is 0 Å². The van der Waals surface area contributed by atoms with E-state index in [0.29, 0.717) is 12.1 Å². The van der Waals surface area contributed by atoms with E-state index in [2.05, 4.69) is 0 Å². The van der Waals surface area contributed by atoms with Crippen molar-refractivity contribution in [2.45, 2.75) is 53.0 Å². The van der Waals surface area contributed by atoms with Crippen molar-refractivity contribution >= 4 is 25.6 Å². The topological polar surface area (TPSA) is 91.8 Å². The average Bonchev–Trinajstić information content (AvgIpc) is 3.34. The molecule has 1 amide bonds. The van der Waals surface area contributed by atoms with Crippen LogP contribution in [0.1, 0.15) is 29.5 Å². The number of hydrogen-bond acceptors (Lipinski definition) is 6. The molecule has 236 valence electrons. The Hall–Kier alpha value is -2.72. The molecule has 2 aliphatic heterocycles. The molecule has 0 N–H and O–H groups in total. The van der Waals surface area contributed by atoms with Crippen molar-refractivity contribution in [1.82, 2.24) is 9.80 Å². The van der Waals surface area contributed by atoms with Gasteiger partial charge in [-0.2, -0.15) is 26.3 Å². The number of carbonyl (C=O) groups excluding carboxylic acids is 1. The van der Waals surface area contributed by atoms with Gasteiger partial charge in [0.15, 0.2) is 19.7 Å². The van der Waals surface area contributed by atoms with E-state index < -0.39 is 60.0 Å². The number of fused-ring (bicyclic) bond motifs is 3. The molecule has 3 aliphatic rings.